The molecule has 0 bridgehead atoms. The fourth-order valence-electron chi connectivity index (χ4n) is 7.33. The largest absolute Gasteiger partial charge is 0.508 e. The van der Waals surface area contributed by atoms with Crippen LogP contribution >= 0.6 is 25.3 Å². The van der Waals surface area contributed by atoms with E-state index in [4.69, 9.17) is 17.2 Å². The van der Waals surface area contributed by atoms with Crippen molar-refractivity contribution < 1.29 is 82.8 Å². The summed E-state index contributed by atoms with van der Waals surface area (Å²) in [6, 6.07) is -8.74. The average molecular weight is 1170 g/mol. The van der Waals surface area contributed by atoms with Crippen LogP contribution in [0.5, 0.6) is 5.75 Å². The molecule has 0 aromatic heterocycles. The van der Waals surface area contributed by atoms with Gasteiger partial charge in [-0.25, -0.2) is 0 Å². The topological polar surface area (TPSA) is 501 Å². The molecule has 0 aliphatic rings. The summed E-state index contributed by atoms with van der Waals surface area (Å²) in [5.74, 6) is -14.4. The van der Waals surface area contributed by atoms with Gasteiger partial charge in [-0.05, 0) is 76.1 Å². The van der Waals surface area contributed by atoms with Gasteiger partial charge in [0.05, 0.1) is 25.2 Å². The number of amides is 12. The van der Waals surface area contributed by atoms with Crippen molar-refractivity contribution in [3.05, 3.63) is 29.8 Å². The van der Waals surface area contributed by atoms with E-state index in [1.807, 2.05) is 0 Å². The first kappa shape index (κ1) is 70.7. The Kier molecular flexibility index (Phi) is 31.9. The molecule has 0 aliphatic heterocycles. The average Bonchev–Trinajstić information content (AvgIpc) is 3.36. The Morgan fingerprint density at radius 1 is 0.550 bits per heavy atom. The molecule has 0 saturated carbocycles. The predicted molar refractivity (Wildman–Crippen MR) is 291 cm³/mol. The van der Waals surface area contributed by atoms with Gasteiger partial charge in [-0.2, -0.15) is 25.3 Å². The number of nitrogens with one attached hydrogen (secondary N) is 10. The number of phenolic OH excluding ortho intramolecular Hbond substituents is 1. The molecule has 0 aliphatic carbocycles. The van der Waals surface area contributed by atoms with Crippen LogP contribution in [0.25, 0.3) is 0 Å². The van der Waals surface area contributed by atoms with Gasteiger partial charge in [0.25, 0.3) is 0 Å². The summed E-state index contributed by atoms with van der Waals surface area (Å²) in [7, 11) is 0. The summed E-state index contributed by atoms with van der Waals surface area (Å²) in [6.07, 6.45) is -5.23. The van der Waals surface area contributed by atoms with E-state index in [-0.39, 0.29) is 55.4 Å². The number of carbonyl (C=O) groups is 13. The lowest BCUT2D eigenvalue weighted by molar-refractivity contribution is -0.139. The van der Waals surface area contributed by atoms with E-state index >= 15 is 0 Å². The third kappa shape index (κ3) is 26.6. The lowest BCUT2D eigenvalue weighted by atomic mass is 10.0. The van der Waals surface area contributed by atoms with E-state index in [0.717, 1.165) is 13.8 Å². The molecular formula is C48H77N13O17S2. The SMILES string of the molecule is CC(=O)N[C@@H](CS)C(=O)N[C@H](C(=O)N[C@@H](Cc1ccc(O)cc1)C(=O)N[C@@H](CCC(=O)O)C(=O)N[C@@H](CC(N)=O)C(=O)NCC(=O)N[C@@H](CCCCN)C(=O)N[C@@H](CC(C)C)C(=O)N[C@H](C(=O)N[C@@H](CS)C(N)=O)[C@@H](C)O)[C@@H](C)O. The predicted octanol–water partition coefficient (Wildman–Crippen LogP) is -6.54. The highest BCUT2D eigenvalue weighted by atomic mass is 32.1. The van der Waals surface area contributed by atoms with Crippen LogP contribution in [0, 0.1) is 5.92 Å². The number of primary amides is 2. The van der Waals surface area contributed by atoms with Gasteiger partial charge in [0.15, 0.2) is 0 Å². The van der Waals surface area contributed by atoms with Crippen molar-refractivity contribution in [3.8, 4) is 5.75 Å². The van der Waals surface area contributed by atoms with E-state index in [2.05, 4.69) is 78.4 Å². The number of nitrogens with two attached hydrogens (primary N) is 3. The maximum atomic E-state index is 14.1. The van der Waals surface area contributed by atoms with Gasteiger partial charge in [-0.15, -0.1) is 0 Å². The van der Waals surface area contributed by atoms with Gasteiger partial charge in [-0.3, -0.25) is 62.3 Å². The molecule has 1 aromatic carbocycles. The van der Waals surface area contributed by atoms with Crippen LogP contribution in [0.3, 0.4) is 0 Å². The normalized spacial score (nSPS) is 15.1. The number of carbonyl (C=O) groups excluding carboxylic acids is 12. The first-order valence-corrected chi connectivity index (χ1v) is 26.5. The molecule has 80 heavy (non-hydrogen) atoms. The number of carboxylic acid groups (broad SMARTS) is 1. The number of aliphatic hydroxyl groups excluding tert-OH is 2. The first-order valence-electron chi connectivity index (χ1n) is 25.3. The molecule has 0 unspecified atom stereocenters. The lowest BCUT2D eigenvalue weighted by Crippen LogP contribution is -2.61. The van der Waals surface area contributed by atoms with Crippen LogP contribution in [0.2, 0.25) is 0 Å². The van der Waals surface area contributed by atoms with E-state index in [9.17, 15) is 82.8 Å². The molecule has 20 N–H and O–H groups in total. The zero-order valence-electron chi connectivity index (χ0n) is 44.9. The number of benzene rings is 1. The smallest absolute Gasteiger partial charge is 0.303 e. The van der Waals surface area contributed by atoms with Crippen molar-refractivity contribution in [2.75, 3.05) is 24.6 Å². The highest BCUT2D eigenvalue weighted by Gasteiger charge is 2.36. The summed E-state index contributed by atoms with van der Waals surface area (Å²) in [6.45, 7) is 6.19. The minimum absolute atomic E-state index is 0.0115. The van der Waals surface area contributed by atoms with E-state index in [1.54, 1.807) is 13.8 Å². The molecule has 11 atom stereocenters. The lowest BCUT2D eigenvalue weighted by Gasteiger charge is -2.28. The van der Waals surface area contributed by atoms with Gasteiger partial charge >= 0.3 is 5.97 Å². The summed E-state index contributed by atoms with van der Waals surface area (Å²) >= 11 is 8.00. The van der Waals surface area contributed by atoms with Crippen molar-refractivity contribution in [2.45, 2.75) is 153 Å². The first-order chi connectivity index (χ1) is 37.4. The summed E-state index contributed by atoms with van der Waals surface area (Å²) in [5, 5.41) is 63.6. The zero-order valence-corrected chi connectivity index (χ0v) is 46.7. The van der Waals surface area contributed by atoms with Gasteiger partial charge < -0.3 is 90.8 Å². The minimum atomic E-state index is -1.88. The molecule has 0 heterocycles. The number of aromatic hydroxyl groups is 1. The number of hydrogen-bond donors (Lipinski definition) is 19. The van der Waals surface area contributed by atoms with Crippen LogP contribution < -0.4 is 70.4 Å². The summed E-state index contributed by atoms with van der Waals surface area (Å²) < 4.78 is 0. The second-order valence-electron chi connectivity index (χ2n) is 19.0. The number of thiol groups is 2. The molecular weight excluding hydrogens is 1090 g/mol. The summed E-state index contributed by atoms with van der Waals surface area (Å²) in [5.41, 5.74) is 16.6. The molecule has 1 aromatic rings. The van der Waals surface area contributed by atoms with E-state index in [0.29, 0.717) is 12.0 Å². The Morgan fingerprint density at radius 2 is 1.01 bits per heavy atom. The highest BCUT2D eigenvalue weighted by molar-refractivity contribution is 7.80. The van der Waals surface area contributed by atoms with Gasteiger partial charge in [-0.1, -0.05) is 26.0 Å². The summed E-state index contributed by atoms with van der Waals surface area (Å²) in [4.78, 5) is 169. The molecule has 1 rings (SSSR count). The molecule has 12 amide bonds. The molecule has 448 valence electrons. The van der Waals surface area contributed by atoms with E-state index in [1.165, 1.54) is 31.2 Å². The fourth-order valence-corrected chi connectivity index (χ4v) is 7.86. The number of carboxylic acids is 1. The number of rotatable bonds is 37. The van der Waals surface area contributed by atoms with E-state index < -0.39 is 169 Å². The molecule has 32 heteroatoms. The van der Waals surface area contributed by atoms with Crippen LogP contribution in [0.15, 0.2) is 24.3 Å². The van der Waals surface area contributed by atoms with Crippen molar-refractivity contribution in [1.29, 1.82) is 0 Å². The van der Waals surface area contributed by atoms with Crippen LogP contribution in [-0.4, -0.2) is 188 Å². The Morgan fingerprint density at radius 3 is 1.48 bits per heavy atom. The highest BCUT2D eigenvalue weighted by Crippen LogP contribution is 2.14. The maximum Gasteiger partial charge on any atom is 0.303 e. The van der Waals surface area contributed by atoms with Crippen molar-refractivity contribution in [1.82, 2.24) is 53.2 Å². The molecule has 0 fully saturated rings. The number of hydrogen-bond acceptors (Lipinski definition) is 19. The fraction of sp³-hybridized carbons (Fsp3) is 0.604. The Balaban J connectivity index is 3.44. The molecule has 30 nitrogen and oxygen atoms in total. The molecule has 0 spiro atoms. The second kappa shape index (κ2) is 36.1. The monoisotopic (exact) mass is 1170 g/mol. The van der Waals surface area contributed by atoms with Crippen LogP contribution in [-0.2, 0) is 68.7 Å². The van der Waals surface area contributed by atoms with Gasteiger partial charge in [0.1, 0.15) is 60.1 Å². The third-order valence-electron chi connectivity index (χ3n) is 11.5. The second-order valence-corrected chi connectivity index (χ2v) is 19.7. The van der Waals surface area contributed by atoms with Gasteiger partial charge in [0.2, 0.25) is 70.9 Å². The number of unbranched alkanes of at least 4 members (excludes halogenated alkanes) is 1. The zero-order chi connectivity index (χ0) is 61.0. The molecule has 0 radical (unpaired) electrons. The maximum absolute atomic E-state index is 14.1. The van der Waals surface area contributed by atoms with Gasteiger partial charge in [0, 0.05) is 31.3 Å². The molecule has 0 saturated heterocycles. The van der Waals surface area contributed by atoms with Crippen LogP contribution in [0.4, 0.5) is 0 Å². The minimum Gasteiger partial charge on any atom is -0.508 e. The number of phenols is 1. The van der Waals surface area contributed by atoms with Crippen molar-refractivity contribution in [2.24, 2.45) is 23.1 Å². The van der Waals surface area contributed by atoms with Crippen molar-refractivity contribution >= 4 is 102 Å². The number of aliphatic hydroxyl groups is 2. The Bertz CT molecular complexity index is 2330. The standard InChI is InChI=1S/C48H77N13O17S2/c1-22(2)16-30(45(75)60-39(24(4)63)48(78)59-33(20-79)40(51)70)56-42(72)28(8-6-7-15-49)54-36(67)19-52-41(71)32(18-35(50)66)57-43(73)29(13-14-37(68)69)55-44(74)31(17-26-9-11-27(65)12-10-26)58-47(77)38(23(3)62)61-46(76)34(21-80)53-25(5)64/h9-12,22-24,28-34,38-39,62-63,65,79-80H,6-8,13-21,49H2,1-5H3,(H2,50,66)(H2,51,70)(H,52,71)(H,53,64)(H,54,67)(H,55,74)(H,56,72)(H,57,73)(H,58,77)(H,59,78)(H,60,75)(H,61,76)(H,68,69)/t23-,24-,28+,29+,30+,31+,32+,33+,34+,38+,39+/m1/s1. The van der Waals surface area contributed by atoms with Crippen molar-refractivity contribution in [3.63, 3.8) is 0 Å². The Hall–Kier alpha value is -7.29. The quantitative estimate of drug-likeness (QED) is 0.0218. The van der Waals surface area contributed by atoms with Crippen LogP contribution in [0.1, 0.15) is 85.1 Å². The third-order valence-corrected chi connectivity index (χ3v) is 12.3. The Labute approximate surface area is 472 Å². The number of aliphatic carboxylic acids is 1.